The van der Waals surface area contributed by atoms with Gasteiger partial charge >= 0.3 is 0 Å². The van der Waals surface area contributed by atoms with Gasteiger partial charge in [-0.3, -0.25) is 4.79 Å². The molecule has 0 aliphatic heterocycles. The quantitative estimate of drug-likeness (QED) is 0.853. The molecule has 4 nitrogen and oxygen atoms in total. The highest BCUT2D eigenvalue weighted by Crippen LogP contribution is 2.09. The second-order valence-corrected chi connectivity index (χ2v) is 4.32. The fourth-order valence-electron chi connectivity index (χ4n) is 1.91. The van der Waals surface area contributed by atoms with Gasteiger partial charge in [-0.1, -0.05) is 36.4 Å². The van der Waals surface area contributed by atoms with Crippen molar-refractivity contribution >= 4 is 5.91 Å². The van der Waals surface area contributed by atoms with Crippen LogP contribution in [0.5, 0.6) is 0 Å². The maximum atomic E-state index is 12.4. The minimum Gasteiger partial charge on any atom is -0.333 e. The number of rotatable bonds is 4. The number of carbonyl (C=O) groups excluding carboxylic acids is 1. The second-order valence-electron chi connectivity index (χ2n) is 4.32. The molecule has 0 radical (unpaired) electrons. The third-order valence-corrected chi connectivity index (χ3v) is 2.97. The van der Waals surface area contributed by atoms with Crippen LogP contribution >= 0.6 is 0 Å². The van der Waals surface area contributed by atoms with E-state index in [1.807, 2.05) is 43.3 Å². The third kappa shape index (κ3) is 3.21. The Kier molecular flexibility index (Phi) is 4.46. The topological polar surface area (TPSA) is 57.0 Å². The van der Waals surface area contributed by atoms with E-state index in [0.717, 1.165) is 5.56 Å². The number of carbonyl (C=O) groups is 1. The molecule has 0 bridgehead atoms. The van der Waals surface area contributed by atoms with Gasteiger partial charge in [0.25, 0.3) is 5.91 Å². The molecule has 1 aromatic heterocycles. The predicted octanol–water partition coefficient (Wildman–Crippen LogP) is 2.62. The Morgan fingerprint density at radius 1 is 1.20 bits per heavy atom. The van der Waals surface area contributed by atoms with Gasteiger partial charge in [-0.05, 0) is 24.6 Å². The lowest BCUT2D eigenvalue weighted by Gasteiger charge is -2.20. The van der Waals surface area contributed by atoms with E-state index >= 15 is 0 Å². The van der Waals surface area contributed by atoms with Crippen LogP contribution in [0, 0.1) is 11.3 Å². The van der Waals surface area contributed by atoms with Crippen LogP contribution in [0.25, 0.3) is 0 Å². The number of hydrogen-bond acceptors (Lipinski definition) is 3. The van der Waals surface area contributed by atoms with Gasteiger partial charge in [-0.15, -0.1) is 0 Å². The van der Waals surface area contributed by atoms with E-state index in [0.29, 0.717) is 18.8 Å². The molecule has 0 unspecified atom stereocenters. The highest BCUT2D eigenvalue weighted by Gasteiger charge is 2.16. The van der Waals surface area contributed by atoms with Crippen molar-refractivity contribution in [3.05, 3.63) is 65.5 Å². The molecule has 0 aliphatic rings. The van der Waals surface area contributed by atoms with Crippen molar-refractivity contribution in [2.45, 2.75) is 13.5 Å². The van der Waals surface area contributed by atoms with E-state index in [9.17, 15) is 4.79 Å². The van der Waals surface area contributed by atoms with Crippen molar-refractivity contribution in [2.24, 2.45) is 0 Å². The Balaban J connectivity index is 2.19. The van der Waals surface area contributed by atoms with Gasteiger partial charge in [0.15, 0.2) is 0 Å². The molecule has 1 amide bonds. The summed E-state index contributed by atoms with van der Waals surface area (Å²) in [5, 5.41) is 8.84. The molecule has 0 saturated carbocycles. The van der Waals surface area contributed by atoms with Crippen LogP contribution in [0.3, 0.4) is 0 Å². The molecule has 0 spiro atoms. The van der Waals surface area contributed by atoms with Gasteiger partial charge in [0, 0.05) is 13.1 Å². The van der Waals surface area contributed by atoms with Crippen molar-refractivity contribution in [1.82, 2.24) is 9.88 Å². The van der Waals surface area contributed by atoms with Crippen molar-refractivity contribution in [1.29, 1.82) is 5.26 Å². The first-order valence-corrected chi connectivity index (χ1v) is 6.45. The monoisotopic (exact) mass is 265 g/mol. The minimum atomic E-state index is -0.159. The van der Waals surface area contributed by atoms with Crippen LogP contribution in [0.2, 0.25) is 0 Å². The zero-order chi connectivity index (χ0) is 14.4. The largest absolute Gasteiger partial charge is 0.333 e. The Hall–Kier alpha value is -2.67. The third-order valence-electron chi connectivity index (χ3n) is 2.97. The normalized spacial score (nSPS) is 9.80. The minimum absolute atomic E-state index is 0.159. The fourth-order valence-corrected chi connectivity index (χ4v) is 1.91. The Bertz CT molecular complexity index is 632. The van der Waals surface area contributed by atoms with E-state index < -0.39 is 0 Å². The van der Waals surface area contributed by atoms with Gasteiger partial charge < -0.3 is 4.90 Å². The summed E-state index contributed by atoms with van der Waals surface area (Å²) in [6, 6.07) is 16.6. The summed E-state index contributed by atoms with van der Waals surface area (Å²) in [5.41, 5.74) is 1.63. The number of benzene rings is 1. The predicted molar refractivity (Wildman–Crippen MR) is 75.8 cm³/mol. The van der Waals surface area contributed by atoms with Gasteiger partial charge in [0.1, 0.15) is 17.5 Å². The van der Waals surface area contributed by atoms with Crippen LogP contribution in [0.15, 0.2) is 48.5 Å². The van der Waals surface area contributed by atoms with Gasteiger partial charge in [-0.2, -0.15) is 5.26 Å². The zero-order valence-electron chi connectivity index (χ0n) is 11.3. The number of amides is 1. The van der Waals surface area contributed by atoms with Crippen LogP contribution in [0.1, 0.15) is 28.7 Å². The molecule has 1 heterocycles. The SMILES string of the molecule is CCN(Cc1ccccc1)C(=O)c1cccc(C#N)n1. The summed E-state index contributed by atoms with van der Waals surface area (Å²) in [5.74, 6) is -0.159. The van der Waals surface area contributed by atoms with Crippen molar-refractivity contribution in [3.63, 3.8) is 0 Å². The van der Waals surface area contributed by atoms with Crippen LogP contribution in [-0.2, 0) is 6.54 Å². The molecule has 0 atom stereocenters. The summed E-state index contributed by atoms with van der Waals surface area (Å²) in [6.07, 6.45) is 0. The lowest BCUT2D eigenvalue weighted by Crippen LogP contribution is -2.31. The van der Waals surface area contributed by atoms with Crippen LogP contribution in [-0.4, -0.2) is 22.3 Å². The highest BCUT2D eigenvalue weighted by molar-refractivity contribution is 5.92. The van der Waals surface area contributed by atoms with Crippen LogP contribution in [0.4, 0.5) is 0 Å². The van der Waals surface area contributed by atoms with Crippen molar-refractivity contribution in [3.8, 4) is 6.07 Å². The van der Waals surface area contributed by atoms with E-state index in [1.165, 1.54) is 0 Å². The molecule has 2 rings (SSSR count). The van der Waals surface area contributed by atoms with Crippen molar-refractivity contribution < 1.29 is 4.79 Å². The summed E-state index contributed by atoms with van der Waals surface area (Å²) >= 11 is 0. The average Bonchev–Trinajstić information content (AvgIpc) is 2.53. The molecule has 20 heavy (non-hydrogen) atoms. The molecule has 0 saturated heterocycles. The van der Waals surface area contributed by atoms with E-state index in [-0.39, 0.29) is 11.6 Å². The summed E-state index contributed by atoms with van der Waals surface area (Å²) < 4.78 is 0. The molecular formula is C16H15N3O. The van der Waals surface area contributed by atoms with E-state index in [1.54, 1.807) is 23.1 Å². The summed E-state index contributed by atoms with van der Waals surface area (Å²) in [7, 11) is 0. The molecule has 2 aromatic rings. The maximum Gasteiger partial charge on any atom is 0.272 e. The molecule has 0 N–H and O–H groups in total. The van der Waals surface area contributed by atoms with Gasteiger partial charge in [-0.25, -0.2) is 4.98 Å². The first kappa shape index (κ1) is 13.8. The van der Waals surface area contributed by atoms with E-state index in [2.05, 4.69) is 4.98 Å². The first-order chi connectivity index (χ1) is 9.74. The molecular weight excluding hydrogens is 250 g/mol. The Labute approximate surface area is 118 Å². The number of pyridine rings is 1. The number of nitriles is 1. The smallest absolute Gasteiger partial charge is 0.272 e. The molecule has 0 aliphatic carbocycles. The number of hydrogen-bond donors (Lipinski definition) is 0. The first-order valence-electron chi connectivity index (χ1n) is 6.45. The Morgan fingerprint density at radius 2 is 1.95 bits per heavy atom. The number of nitrogens with zero attached hydrogens (tertiary/aromatic N) is 3. The molecule has 0 fully saturated rings. The molecule has 4 heteroatoms. The summed E-state index contributed by atoms with van der Waals surface area (Å²) in [6.45, 7) is 3.05. The van der Waals surface area contributed by atoms with Crippen LogP contribution < -0.4 is 0 Å². The lowest BCUT2D eigenvalue weighted by atomic mass is 10.2. The highest BCUT2D eigenvalue weighted by atomic mass is 16.2. The fraction of sp³-hybridized carbons (Fsp3) is 0.188. The standard InChI is InChI=1S/C16H15N3O/c1-2-19(12-13-7-4-3-5-8-13)16(20)15-10-6-9-14(11-17)18-15/h3-10H,2,12H2,1H3. The zero-order valence-corrected chi connectivity index (χ0v) is 11.3. The van der Waals surface area contributed by atoms with Crippen molar-refractivity contribution in [2.75, 3.05) is 6.54 Å². The Morgan fingerprint density at radius 3 is 2.60 bits per heavy atom. The average molecular weight is 265 g/mol. The van der Waals surface area contributed by atoms with E-state index in [4.69, 9.17) is 5.26 Å². The lowest BCUT2D eigenvalue weighted by molar-refractivity contribution is 0.0746. The maximum absolute atomic E-state index is 12.4. The summed E-state index contributed by atoms with van der Waals surface area (Å²) in [4.78, 5) is 18.2. The molecule has 100 valence electrons. The van der Waals surface area contributed by atoms with Gasteiger partial charge in [0.2, 0.25) is 0 Å². The van der Waals surface area contributed by atoms with Gasteiger partial charge in [0.05, 0.1) is 0 Å². The molecule has 1 aromatic carbocycles. The second kappa shape index (κ2) is 6.48. The number of aromatic nitrogens is 1.